The third kappa shape index (κ3) is 2.58. The van der Waals surface area contributed by atoms with Gasteiger partial charge in [0.25, 0.3) is 0 Å². The smallest absolute Gasteiger partial charge is 0.410 e. The molecule has 6 nitrogen and oxygen atoms in total. The number of nitrogens with one attached hydrogen (secondary N) is 3. The van der Waals surface area contributed by atoms with Gasteiger partial charge in [0.1, 0.15) is 5.75 Å². The number of nitrogens with zero attached hydrogens (tertiary/aromatic N) is 1. The molecule has 1 aromatic carbocycles. The molecule has 0 aliphatic carbocycles. The molecule has 0 bridgehead atoms. The summed E-state index contributed by atoms with van der Waals surface area (Å²) in [5.74, 6) is 1.03. The van der Waals surface area contributed by atoms with E-state index in [4.69, 9.17) is 4.74 Å². The van der Waals surface area contributed by atoms with E-state index in [9.17, 15) is 4.79 Å². The summed E-state index contributed by atoms with van der Waals surface area (Å²) >= 11 is 0. The second-order valence-electron chi connectivity index (χ2n) is 4.28. The molecule has 2 aromatic rings. The summed E-state index contributed by atoms with van der Waals surface area (Å²) in [6.07, 6.45) is 0.351. The van der Waals surface area contributed by atoms with E-state index in [0.29, 0.717) is 18.1 Å². The van der Waals surface area contributed by atoms with Gasteiger partial charge in [0, 0.05) is 30.8 Å². The second kappa shape index (κ2) is 5.11. The van der Waals surface area contributed by atoms with Crippen LogP contribution in [-0.4, -0.2) is 22.8 Å². The molecule has 98 valence electrons. The Kier molecular flexibility index (Phi) is 3.16. The highest BCUT2D eigenvalue weighted by molar-refractivity contribution is 5.86. The standard InChI is InChI=1S/C13H14N4O2/c18-13(19-9-4-2-1-3-5-9)15-12-10-8-14-7-6-11(10)16-17-12/h1-5,14H,6-8H2,(H2,15,16,17,18). The molecule has 0 unspecified atom stereocenters. The lowest BCUT2D eigenvalue weighted by Crippen LogP contribution is -2.25. The summed E-state index contributed by atoms with van der Waals surface area (Å²) in [5, 5.41) is 12.9. The van der Waals surface area contributed by atoms with Crippen molar-refractivity contribution in [2.75, 3.05) is 11.9 Å². The number of H-pyrrole nitrogens is 1. The zero-order chi connectivity index (χ0) is 13.1. The Morgan fingerprint density at radius 3 is 3.00 bits per heavy atom. The summed E-state index contributed by atoms with van der Waals surface area (Å²) in [6, 6.07) is 8.93. The van der Waals surface area contributed by atoms with E-state index in [1.165, 1.54) is 0 Å². The minimum absolute atomic E-state index is 0.502. The number of carbonyl (C=O) groups excluding carboxylic acids is 1. The van der Waals surface area contributed by atoms with Gasteiger partial charge in [-0.15, -0.1) is 0 Å². The molecule has 0 saturated heterocycles. The molecule has 0 spiro atoms. The van der Waals surface area contributed by atoms with E-state index >= 15 is 0 Å². The van der Waals surface area contributed by atoms with E-state index < -0.39 is 6.09 Å². The van der Waals surface area contributed by atoms with Gasteiger partial charge in [0.15, 0.2) is 5.82 Å². The average Bonchev–Trinajstić information content (AvgIpc) is 2.83. The normalized spacial score (nSPS) is 13.7. The topological polar surface area (TPSA) is 79.0 Å². The van der Waals surface area contributed by atoms with Crippen LogP contribution in [0.4, 0.5) is 10.6 Å². The number of amides is 1. The SMILES string of the molecule is O=C(Nc1n[nH]c2c1CNCC2)Oc1ccccc1. The van der Waals surface area contributed by atoms with Crippen molar-refractivity contribution in [3.8, 4) is 5.75 Å². The molecule has 1 aromatic heterocycles. The first-order valence-electron chi connectivity index (χ1n) is 6.13. The van der Waals surface area contributed by atoms with Crippen LogP contribution in [0.1, 0.15) is 11.3 Å². The number of anilines is 1. The van der Waals surface area contributed by atoms with Crippen LogP contribution in [-0.2, 0) is 13.0 Å². The Hall–Kier alpha value is -2.34. The van der Waals surface area contributed by atoms with Crippen molar-refractivity contribution in [3.63, 3.8) is 0 Å². The van der Waals surface area contributed by atoms with Gasteiger partial charge in [-0.1, -0.05) is 18.2 Å². The number of para-hydroxylation sites is 1. The van der Waals surface area contributed by atoms with Crippen LogP contribution in [0.25, 0.3) is 0 Å². The number of hydrogen-bond donors (Lipinski definition) is 3. The molecule has 3 rings (SSSR count). The fraction of sp³-hybridized carbons (Fsp3) is 0.231. The fourth-order valence-corrected chi connectivity index (χ4v) is 2.05. The number of benzene rings is 1. The Bertz CT molecular complexity index is 580. The Labute approximate surface area is 110 Å². The quantitative estimate of drug-likeness (QED) is 0.765. The summed E-state index contributed by atoms with van der Waals surface area (Å²) in [4.78, 5) is 11.8. The lowest BCUT2D eigenvalue weighted by atomic mass is 10.1. The molecule has 0 fully saturated rings. The number of ether oxygens (including phenoxy) is 1. The van der Waals surface area contributed by atoms with Crippen LogP contribution in [0.2, 0.25) is 0 Å². The van der Waals surface area contributed by atoms with Crippen molar-refractivity contribution in [2.45, 2.75) is 13.0 Å². The van der Waals surface area contributed by atoms with E-state index in [2.05, 4.69) is 20.8 Å². The second-order valence-corrected chi connectivity index (χ2v) is 4.28. The van der Waals surface area contributed by atoms with Crippen molar-refractivity contribution >= 4 is 11.9 Å². The van der Waals surface area contributed by atoms with Crippen molar-refractivity contribution in [3.05, 3.63) is 41.6 Å². The maximum atomic E-state index is 11.8. The lowest BCUT2D eigenvalue weighted by Gasteiger charge is -2.13. The number of carbonyl (C=O) groups is 1. The van der Waals surface area contributed by atoms with Crippen LogP contribution in [0.3, 0.4) is 0 Å². The van der Waals surface area contributed by atoms with E-state index in [1.807, 2.05) is 18.2 Å². The molecular weight excluding hydrogens is 244 g/mol. The number of rotatable bonds is 2. The molecular formula is C13H14N4O2. The molecule has 0 atom stereocenters. The third-order valence-electron chi connectivity index (χ3n) is 2.98. The summed E-state index contributed by atoms with van der Waals surface area (Å²) in [5.41, 5.74) is 2.06. The van der Waals surface area contributed by atoms with Crippen molar-refractivity contribution < 1.29 is 9.53 Å². The van der Waals surface area contributed by atoms with Crippen LogP contribution >= 0.6 is 0 Å². The van der Waals surface area contributed by atoms with Crippen LogP contribution in [0.5, 0.6) is 5.75 Å². The number of aromatic nitrogens is 2. The number of aromatic amines is 1. The highest BCUT2D eigenvalue weighted by Crippen LogP contribution is 2.20. The van der Waals surface area contributed by atoms with Crippen molar-refractivity contribution in [2.24, 2.45) is 0 Å². The minimum atomic E-state index is -0.536. The largest absolute Gasteiger partial charge is 0.418 e. The predicted molar refractivity (Wildman–Crippen MR) is 70.1 cm³/mol. The zero-order valence-corrected chi connectivity index (χ0v) is 10.3. The Balaban J connectivity index is 1.68. The van der Waals surface area contributed by atoms with E-state index in [1.54, 1.807) is 12.1 Å². The maximum Gasteiger partial charge on any atom is 0.418 e. The van der Waals surface area contributed by atoms with Gasteiger partial charge in [-0.05, 0) is 12.1 Å². The van der Waals surface area contributed by atoms with Crippen molar-refractivity contribution in [1.82, 2.24) is 15.5 Å². The third-order valence-corrected chi connectivity index (χ3v) is 2.98. The molecule has 1 aliphatic heterocycles. The fourth-order valence-electron chi connectivity index (χ4n) is 2.05. The van der Waals surface area contributed by atoms with Gasteiger partial charge in [0.05, 0.1) is 0 Å². The van der Waals surface area contributed by atoms with E-state index in [-0.39, 0.29) is 0 Å². The van der Waals surface area contributed by atoms with Gasteiger partial charge in [0.2, 0.25) is 0 Å². The first-order valence-corrected chi connectivity index (χ1v) is 6.13. The van der Waals surface area contributed by atoms with Gasteiger partial charge < -0.3 is 10.1 Å². The summed E-state index contributed by atoms with van der Waals surface area (Å²) in [7, 11) is 0. The molecule has 1 aliphatic rings. The van der Waals surface area contributed by atoms with Gasteiger partial charge in [-0.2, -0.15) is 5.10 Å². The average molecular weight is 258 g/mol. The number of hydrogen-bond acceptors (Lipinski definition) is 4. The first-order chi connectivity index (χ1) is 9.33. The zero-order valence-electron chi connectivity index (χ0n) is 10.3. The highest BCUT2D eigenvalue weighted by Gasteiger charge is 2.18. The lowest BCUT2D eigenvalue weighted by molar-refractivity contribution is 0.215. The molecule has 0 radical (unpaired) electrons. The highest BCUT2D eigenvalue weighted by atomic mass is 16.6. The molecule has 19 heavy (non-hydrogen) atoms. The monoisotopic (exact) mass is 258 g/mol. The van der Waals surface area contributed by atoms with Gasteiger partial charge in [-0.3, -0.25) is 10.4 Å². The van der Waals surface area contributed by atoms with E-state index in [0.717, 1.165) is 24.2 Å². The van der Waals surface area contributed by atoms with Crippen LogP contribution < -0.4 is 15.4 Å². The maximum absolute atomic E-state index is 11.8. The molecule has 6 heteroatoms. The molecule has 2 heterocycles. The van der Waals surface area contributed by atoms with Crippen LogP contribution in [0, 0.1) is 0 Å². The Morgan fingerprint density at radius 1 is 1.32 bits per heavy atom. The molecule has 1 amide bonds. The molecule has 0 saturated carbocycles. The number of fused-ring (bicyclic) bond motifs is 1. The summed E-state index contributed by atoms with van der Waals surface area (Å²) in [6.45, 7) is 1.62. The van der Waals surface area contributed by atoms with Gasteiger partial charge >= 0.3 is 6.09 Å². The summed E-state index contributed by atoms with van der Waals surface area (Å²) < 4.78 is 5.15. The molecule has 3 N–H and O–H groups in total. The van der Waals surface area contributed by atoms with Crippen LogP contribution in [0.15, 0.2) is 30.3 Å². The minimum Gasteiger partial charge on any atom is -0.410 e. The van der Waals surface area contributed by atoms with Gasteiger partial charge in [-0.25, -0.2) is 4.79 Å². The predicted octanol–water partition coefficient (Wildman–Crippen LogP) is 1.67. The van der Waals surface area contributed by atoms with Crippen molar-refractivity contribution in [1.29, 1.82) is 0 Å². The first kappa shape index (κ1) is 11.7. The Morgan fingerprint density at radius 2 is 2.16 bits per heavy atom.